The summed E-state index contributed by atoms with van der Waals surface area (Å²) in [6, 6.07) is 13.3. The second kappa shape index (κ2) is 9.51. The van der Waals surface area contributed by atoms with Gasteiger partial charge in [0.25, 0.3) is 5.91 Å². The normalized spacial score (nSPS) is 18.5. The van der Waals surface area contributed by atoms with Gasteiger partial charge >= 0.3 is 0 Å². The van der Waals surface area contributed by atoms with Gasteiger partial charge in [-0.1, -0.05) is 37.1 Å². The predicted molar refractivity (Wildman–Crippen MR) is 120 cm³/mol. The van der Waals surface area contributed by atoms with E-state index in [-0.39, 0.29) is 36.1 Å². The summed E-state index contributed by atoms with van der Waals surface area (Å²) in [6.45, 7) is -0.0398. The Balaban J connectivity index is 1.58. The Morgan fingerprint density at radius 2 is 1.88 bits per heavy atom. The van der Waals surface area contributed by atoms with Gasteiger partial charge in [0.15, 0.2) is 0 Å². The minimum Gasteiger partial charge on any atom is -0.497 e. The third kappa shape index (κ3) is 4.66. The van der Waals surface area contributed by atoms with Crippen LogP contribution in [0.4, 0.5) is 4.39 Å². The van der Waals surface area contributed by atoms with Gasteiger partial charge < -0.3 is 9.64 Å². The minimum absolute atomic E-state index is 0.00937. The summed E-state index contributed by atoms with van der Waals surface area (Å²) in [5.41, 5.74) is 2.41. The Bertz CT molecular complexity index is 1020. The van der Waals surface area contributed by atoms with Crippen molar-refractivity contribution in [2.24, 2.45) is 11.0 Å². The molecule has 4 rings (SSSR count). The second-order valence-corrected chi connectivity index (χ2v) is 8.46. The van der Waals surface area contributed by atoms with E-state index in [9.17, 15) is 14.0 Å². The van der Waals surface area contributed by atoms with Crippen LogP contribution in [0.5, 0.6) is 5.75 Å². The molecule has 168 valence electrons. The summed E-state index contributed by atoms with van der Waals surface area (Å²) in [6.07, 6.45) is 4.38. The molecule has 0 N–H and O–H groups in total. The SMILES string of the molecule is COc1cccc(C2=NN(C(=O)CN(C)C(=O)C3CCCC3)[C@H](c3ccc(F)cc3)C2)c1. The van der Waals surface area contributed by atoms with E-state index in [0.717, 1.165) is 42.5 Å². The van der Waals surface area contributed by atoms with Gasteiger partial charge in [-0.15, -0.1) is 0 Å². The molecule has 1 fully saturated rings. The van der Waals surface area contributed by atoms with E-state index in [1.165, 1.54) is 22.0 Å². The van der Waals surface area contributed by atoms with Crippen molar-refractivity contribution in [3.8, 4) is 5.75 Å². The zero-order valence-corrected chi connectivity index (χ0v) is 18.5. The summed E-state index contributed by atoms with van der Waals surface area (Å²) in [7, 11) is 3.28. The maximum atomic E-state index is 13.5. The van der Waals surface area contributed by atoms with Crippen molar-refractivity contribution in [1.29, 1.82) is 0 Å². The summed E-state index contributed by atoms with van der Waals surface area (Å²) >= 11 is 0. The number of halogens is 1. The molecule has 6 nitrogen and oxygen atoms in total. The van der Waals surface area contributed by atoms with Crippen molar-refractivity contribution in [2.75, 3.05) is 20.7 Å². The first-order valence-corrected chi connectivity index (χ1v) is 11.0. The molecule has 2 aliphatic rings. The Kier molecular flexibility index (Phi) is 6.53. The first kappa shape index (κ1) is 22.0. The van der Waals surface area contributed by atoms with Gasteiger partial charge in [0.05, 0.1) is 18.9 Å². The van der Waals surface area contributed by atoms with E-state index in [1.807, 2.05) is 24.3 Å². The van der Waals surface area contributed by atoms with E-state index in [4.69, 9.17) is 4.74 Å². The Labute approximate surface area is 187 Å². The molecule has 1 aliphatic carbocycles. The minimum atomic E-state index is -0.362. The largest absolute Gasteiger partial charge is 0.497 e. The van der Waals surface area contributed by atoms with Crippen LogP contribution in [0.25, 0.3) is 0 Å². The van der Waals surface area contributed by atoms with Crippen LogP contribution in [0.1, 0.15) is 49.3 Å². The topological polar surface area (TPSA) is 62.2 Å². The number of benzene rings is 2. The highest BCUT2D eigenvalue weighted by Crippen LogP contribution is 2.34. The Morgan fingerprint density at radius 1 is 1.16 bits per heavy atom. The molecule has 2 amide bonds. The number of carbonyl (C=O) groups excluding carboxylic acids is 2. The van der Waals surface area contributed by atoms with E-state index in [2.05, 4.69) is 5.10 Å². The highest BCUT2D eigenvalue weighted by Gasteiger charge is 2.35. The molecule has 1 atom stereocenters. The number of likely N-dealkylation sites (N-methyl/N-ethyl adjacent to an activating group) is 1. The number of hydrazone groups is 1. The summed E-state index contributed by atoms with van der Waals surface area (Å²) in [4.78, 5) is 27.5. The lowest BCUT2D eigenvalue weighted by molar-refractivity contribution is -0.142. The van der Waals surface area contributed by atoms with E-state index < -0.39 is 0 Å². The van der Waals surface area contributed by atoms with Crippen LogP contribution in [0.3, 0.4) is 0 Å². The van der Waals surface area contributed by atoms with Crippen LogP contribution in [0, 0.1) is 11.7 Å². The van der Waals surface area contributed by atoms with E-state index in [0.29, 0.717) is 12.2 Å². The van der Waals surface area contributed by atoms with Gasteiger partial charge in [-0.05, 0) is 42.7 Å². The lowest BCUT2D eigenvalue weighted by Gasteiger charge is -2.26. The molecule has 32 heavy (non-hydrogen) atoms. The van der Waals surface area contributed by atoms with Crippen LogP contribution in [-0.4, -0.2) is 48.1 Å². The zero-order chi connectivity index (χ0) is 22.7. The van der Waals surface area contributed by atoms with Crippen molar-refractivity contribution < 1.29 is 18.7 Å². The van der Waals surface area contributed by atoms with Gasteiger partial charge in [-0.25, -0.2) is 9.40 Å². The number of ether oxygens (including phenoxy) is 1. The van der Waals surface area contributed by atoms with Crippen molar-refractivity contribution in [1.82, 2.24) is 9.91 Å². The molecule has 0 radical (unpaired) electrons. The molecular weight excluding hydrogens is 409 g/mol. The third-order valence-electron chi connectivity index (χ3n) is 6.28. The monoisotopic (exact) mass is 437 g/mol. The van der Waals surface area contributed by atoms with Gasteiger partial charge in [0, 0.05) is 24.9 Å². The molecular formula is C25H28FN3O3. The van der Waals surface area contributed by atoms with E-state index >= 15 is 0 Å². The van der Waals surface area contributed by atoms with Gasteiger partial charge in [-0.3, -0.25) is 9.59 Å². The molecule has 7 heteroatoms. The van der Waals surface area contributed by atoms with Crippen molar-refractivity contribution >= 4 is 17.5 Å². The van der Waals surface area contributed by atoms with Gasteiger partial charge in [-0.2, -0.15) is 5.10 Å². The molecule has 2 aromatic rings. The van der Waals surface area contributed by atoms with Crippen LogP contribution in [-0.2, 0) is 9.59 Å². The molecule has 2 aromatic carbocycles. The van der Waals surface area contributed by atoms with E-state index in [1.54, 1.807) is 26.3 Å². The first-order valence-electron chi connectivity index (χ1n) is 11.0. The van der Waals surface area contributed by atoms with Gasteiger partial charge in [0.2, 0.25) is 5.91 Å². The lowest BCUT2D eigenvalue weighted by Crippen LogP contribution is -2.41. The fraction of sp³-hybridized carbons (Fsp3) is 0.400. The fourth-order valence-electron chi connectivity index (χ4n) is 4.50. The first-order chi connectivity index (χ1) is 15.5. The van der Waals surface area contributed by atoms with Crippen LogP contribution in [0.2, 0.25) is 0 Å². The smallest absolute Gasteiger partial charge is 0.262 e. The Hall–Kier alpha value is -3.22. The maximum Gasteiger partial charge on any atom is 0.262 e. The van der Waals surface area contributed by atoms with Crippen LogP contribution in [0.15, 0.2) is 53.6 Å². The van der Waals surface area contributed by atoms with Crippen LogP contribution < -0.4 is 4.74 Å². The average molecular weight is 438 g/mol. The lowest BCUT2D eigenvalue weighted by atomic mass is 9.98. The number of methoxy groups -OCH3 is 1. The number of hydrogen-bond acceptors (Lipinski definition) is 4. The quantitative estimate of drug-likeness (QED) is 0.682. The number of amides is 2. The maximum absolute atomic E-state index is 13.5. The number of nitrogens with zero attached hydrogens (tertiary/aromatic N) is 3. The number of carbonyl (C=O) groups is 2. The number of rotatable bonds is 6. The van der Waals surface area contributed by atoms with Crippen molar-refractivity contribution in [2.45, 2.75) is 38.1 Å². The summed E-state index contributed by atoms with van der Waals surface area (Å²) in [5, 5.41) is 6.08. The molecule has 0 unspecified atom stereocenters. The molecule has 1 heterocycles. The van der Waals surface area contributed by atoms with Crippen LogP contribution >= 0.6 is 0 Å². The second-order valence-electron chi connectivity index (χ2n) is 8.46. The highest BCUT2D eigenvalue weighted by atomic mass is 19.1. The number of hydrogen-bond donors (Lipinski definition) is 0. The average Bonchev–Trinajstić information content (AvgIpc) is 3.50. The molecule has 1 aliphatic heterocycles. The molecule has 0 bridgehead atoms. The van der Waals surface area contributed by atoms with Crippen molar-refractivity contribution in [3.63, 3.8) is 0 Å². The summed E-state index contributed by atoms with van der Waals surface area (Å²) < 4.78 is 18.8. The molecule has 0 aromatic heterocycles. The molecule has 0 saturated heterocycles. The Morgan fingerprint density at radius 3 is 2.56 bits per heavy atom. The standard InChI is InChI=1S/C25H28FN3O3/c1-28(25(31)18-6-3-4-7-18)16-24(30)29-23(17-10-12-20(26)13-11-17)15-22(27-29)19-8-5-9-21(14-19)32-2/h5,8-14,18,23H,3-4,6-7,15-16H2,1-2H3/t23-/m0/s1. The van der Waals surface area contributed by atoms with Crippen molar-refractivity contribution in [3.05, 3.63) is 65.5 Å². The fourth-order valence-corrected chi connectivity index (χ4v) is 4.50. The highest BCUT2D eigenvalue weighted by molar-refractivity contribution is 6.03. The van der Waals surface area contributed by atoms with Gasteiger partial charge in [0.1, 0.15) is 18.1 Å². The third-order valence-corrected chi connectivity index (χ3v) is 6.28. The summed E-state index contributed by atoms with van der Waals surface area (Å²) in [5.74, 6) is 0.141. The zero-order valence-electron chi connectivity index (χ0n) is 18.5. The predicted octanol–water partition coefficient (Wildman–Crippen LogP) is 4.16. The molecule has 0 spiro atoms. The molecule has 1 saturated carbocycles.